The summed E-state index contributed by atoms with van der Waals surface area (Å²) in [6, 6.07) is 8.59. The van der Waals surface area contributed by atoms with Crippen molar-refractivity contribution in [2.75, 3.05) is 24.5 Å². The summed E-state index contributed by atoms with van der Waals surface area (Å²) in [6.07, 6.45) is 1.53. The zero-order valence-electron chi connectivity index (χ0n) is 15.6. The molecule has 8 heteroatoms. The number of carbonyl (C=O) groups is 2. The number of nitrogens with zero attached hydrogens (tertiary/aromatic N) is 4. The minimum atomic E-state index is -0.941. The first-order valence-corrected chi connectivity index (χ1v) is 9.05. The third-order valence-corrected chi connectivity index (χ3v) is 5.12. The molecule has 2 aromatic heterocycles. The zero-order valence-corrected chi connectivity index (χ0v) is 15.6. The lowest BCUT2D eigenvalue weighted by Crippen LogP contribution is -2.54. The number of hydrogen-bond donors (Lipinski definition) is 1. The SMILES string of the molecule is Cc1noc2ncc(C(=O)N3CCN(c4ccc(C(=O)O)cc4)CC3C)cc12. The third-order valence-electron chi connectivity index (χ3n) is 5.12. The van der Waals surface area contributed by atoms with E-state index in [1.54, 1.807) is 30.3 Å². The number of hydrogen-bond acceptors (Lipinski definition) is 6. The van der Waals surface area contributed by atoms with Gasteiger partial charge in [0, 0.05) is 37.6 Å². The Kier molecular flexibility index (Phi) is 4.46. The van der Waals surface area contributed by atoms with Gasteiger partial charge in [0.25, 0.3) is 11.6 Å². The molecule has 4 rings (SSSR count). The predicted molar refractivity (Wildman–Crippen MR) is 103 cm³/mol. The number of pyridine rings is 1. The molecule has 0 spiro atoms. The Labute approximate surface area is 161 Å². The second-order valence-corrected chi connectivity index (χ2v) is 6.99. The van der Waals surface area contributed by atoms with Crippen LogP contribution >= 0.6 is 0 Å². The number of aryl methyl sites for hydroxylation is 1. The number of benzene rings is 1. The molecule has 1 aliphatic heterocycles. The highest BCUT2D eigenvalue weighted by molar-refractivity contribution is 5.97. The molecule has 1 saturated heterocycles. The Hall–Kier alpha value is -3.42. The zero-order chi connectivity index (χ0) is 19.8. The van der Waals surface area contributed by atoms with E-state index < -0.39 is 5.97 Å². The Morgan fingerprint density at radius 1 is 1.18 bits per heavy atom. The van der Waals surface area contributed by atoms with Gasteiger partial charge in [-0.3, -0.25) is 4.79 Å². The van der Waals surface area contributed by atoms with Crippen molar-refractivity contribution >= 4 is 28.7 Å². The molecule has 1 aliphatic rings. The fraction of sp³-hybridized carbons (Fsp3) is 0.300. The molecule has 1 unspecified atom stereocenters. The fourth-order valence-corrected chi connectivity index (χ4v) is 3.54. The average molecular weight is 380 g/mol. The van der Waals surface area contributed by atoms with Gasteiger partial charge in [0.15, 0.2) is 0 Å². The van der Waals surface area contributed by atoms with E-state index in [0.29, 0.717) is 36.6 Å². The van der Waals surface area contributed by atoms with Crippen LogP contribution in [-0.4, -0.2) is 57.7 Å². The van der Waals surface area contributed by atoms with E-state index in [2.05, 4.69) is 15.0 Å². The van der Waals surface area contributed by atoms with Crippen molar-refractivity contribution in [1.82, 2.24) is 15.0 Å². The number of aromatic nitrogens is 2. The van der Waals surface area contributed by atoms with Crippen molar-refractivity contribution in [1.29, 1.82) is 0 Å². The first-order chi connectivity index (χ1) is 13.4. The quantitative estimate of drug-likeness (QED) is 0.745. The molecular weight excluding hydrogens is 360 g/mol. The number of piperazine rings is 1. The normalized spacial score (nSPS) is 17.1. The van der Waals surface area contributed by atoms with Crippen molar-refractivity contribution in [3.05, 3.63) is 53.3 Å². The van der Waals surface area contributed by atoms with Gasteiger partial charge in [0.2, 0.25) is 0 Å². The maximum Gasteiger partial charge on any atom is 0.335 e. The number of rotatable bonds is 3. The lowest BCUT2D eigenvalue weighted by Gasteiger charge is -2.41. The van der Waals surface area contributed by atoms with Crippen LogP contribution in [0.3, 0.4) is 0 Å². The van der Waals surface area contributed by atoms with Crippen LogP contribution in [0, 0.1) is 6.92 Å². The number of carboxylic acids is 1. The van der Waals surface area contributed by atoms with Crippen molar-refractivity contribution in [3.8, 4) is 0 Å². The molecule has 1 fully saturated rings. The molecule has 1 atom stereocenters. The lowest BCUT2D eigenvalue weighted by molar-refractivity contribution is 0.0670. The third kappa shape index (κ3) is 3.17. The molecule has 3 heterocycles. The first kappa shape index (κ1) is 18.0. The van der Waals surface area contributed by atoms with E-state index in [4.69, 9.17) is 9.63 Å². The number of fused-ring (bicyclic) bond motifs is 1. The maximum absolute atomic E-state index is 13.0. The molecule has 28 heavy (non-hydrogen) atoms. The lowest BCUT2D eigenvalue weighted by atomic mass is 10.1. The number of carboxylic acid groups (broad SMARTS) is 1. The number of anilines is 1. The fourth-order valence-electron chi connectivity index (χ4n) is 3.54. The van der Waals surface area contributed by atoms with Gasteiger partial charge >= 0.3 is 5.97 Å². The predicted octanol–water partition coefficient (Wildman–Crippen LogP) is 2.58. The summed E-state index contributed by atoms with van der Waals surface area (Å²) in [7, 11) is 0. The number of carbonyl (C=O) groups excluding carboxylic acids is 1. The summed E-state index contributed by atoms with van der Waals surface area (Å²) < 4.78 is 5.11. The Morgan fingerprint density at radius 3 is 2.61 bits per heavy atom. The second kappa shape index (κ2) is 6.95. The van der Waals surface area contributed by atoms with Gasteiger partial charge in [-0.2, -0.15) is 0 Å². The van der Waals surface area contributed by atoms with Crippen LogP contribution in [-0.2, 0) is 0 Å². The highest BCUT2D eigenvalue weighted by Gasteiger charge is 2.29. The summed E-state index contributed by atoms with van der Waals surface area (Å²) in [5, 5.41) is 13.7. The van der Waals surface area contributed by atoms with Crippen LogP contribution in [0.4, 0.5) is 5.69 Å². The highest BCUT2D eigenvalue weighted by atomic mass is 16.5. The van der Waals surface area contributed by atoms with E-state index in [-0.39, 0.29) is 17.5 Å². The standard InChI is InChI=1S/C20H20N4O4/c1-12-11-23(16-5-3-14(4-6-16)20(26)27)7-8-24(12)19(25)15-9-17-13(2)22-28-18(17)21-10-15/h3-6,9-10,12H,7-8,11H2,1-2H3,(H,26,27). The van der Waals surface area contributed by atoms with Crippen molar-refractivity contribution < 1.29 is 19.2 Å². The molecule has 1 N–H and O–H groups in total. The minimum absolute atomic E-state index is 0.000307. The summed E-state index contributed by atoms with van der Waals surface area (Å²) in [5.74, 6) is -1.01. The van der Waals surface area contributed by atoms with Gasteiger partial charge < -0.3 is 19.4 Å². The van der Waals surface area contributed by atoms with Crippen LogP contribution in [0.1, 0.15) is 33.3 Å². The van der Waals surface area contributed by atoms with Gasteiger partial charge in [-0.05, 0) is 44.2 Å². The number of aromatic carboxylic acids is 1. The van der Waals surface area contributed by atoms with E-state index in [1.165, 1.54) is 6.20 Å². The summed E-state index contributed by atoms with van der Waals surface area (Å²) in [4.78, 5) is 32.2. The van der Waals surface area contributed by atoms with Gasteiger partial charge in [-0.15, -0.1) is 0 Å². The monoisotopic (exact) mass is 380 g/mol. The minimum Gasteiger partial charge on any atom is -0.478 e. The molecule has 0 radical (unpaired) electrons. The Balaban J connectivity index is 1.49. The van der Waals surface area contributed by atoms with Crippen LogP contribution < -0.4 is 4.90 Å². The molecule has 8 nitrogen and oxygen atoms in total. The molecule has 0 bridgehead atoms. The van der Waals surface area contributed by atoms with Crippen LogP contribution in [0.5, 0.6) is 0 Å². The molecule has 0 aliphatic carbocycles. The van der Waals surface area contributed by atoms with E-state index in [9.17, 15) is 9.59 Å². The first-order valence-electron chi connectivity index (χ1n) is 9.05. The topological polar surface area (TPSA) is 99.8 Å². The van der Waals surface area contributed by atoms with Crippen molar-refractivity contribution in [3.63, 3.8) is 0 Å². The Bertz CT molecular complexity index is 1040. The second-order valence-electron chi connectivity index (χ2n) is 6.99. The van der Waals surface area contributed by atoms with E-state index >= 15 is 0 Å². The summed E-state index contributed by atoms with van der Waals surface area (Å²) >= 11 is 0. The van der Waals surface area contributed by atoms with E-state index in [1.807, 2.05) is 18.7 Å². The average Bonchev–Trinajstić information content (AvgIpc) is 3.08. The van der Waals surface area contributed by atoms with Gasteiger partial charge in [-0.25, -0.2) is 9.78 Å². The van der Waals surface area contributed by atoms with Crippen molar-refractivity contribution in [2.45, 2.75) is 19.9 Å². The molecule has 1 aromatic carbocycles. The van der Waals surface area contributed by atoms with Gasteiger partial charge in [-0.1, -0.05) is 5.16 Å². The molecule has 0 saturated carbocycles. The summed E-state index contributed by atoms with van der Waals surface area (Å²) in [6.45, 7) is 5.73. The summed E-state index contributed by atoms with van der Waals surface area (Å²) in [5.41, 5.74) is 2.87. The molecule has 3 aromatic rings. The molecular formula is C20H20N4O4. The number of amides is 1. The largest absolute Gasteiger partial charge is 0.478 e. The van der Waals surface area contributed by atoms with E-state index in [0.717, 1.165) is 11.1 Å². The van der Waals surface area contributed by atoms with Gasteiger partial charge in [0.05, 0.1) is 22.2 Å². The van der Waals surface area contributed by atoms with Crippen LogP contribution in [0.25, 0.3) is 11.1 Å². The van der Waals surface area contributed by atoms with Crippen LogP contribution in [0.15, 0.2) is 41.1 Å². The Morgan fingerprint density at radius 2 is 1.93 bits per heavy atom. The van der Waals surface area contributed by atoms with Crippen LogP contribution in [0.2, 0.25) is 0 Å². The molecule has 144 valence electrons. The highest BCUT2D eigenvalue weighted by Crippen LogP contribution is 2.23. The maximum atomic E-state index is 13.0. The molecule has 1 amide bonds. The smallest absolute Gasteiger partial charge is 0.335 e. The van der Waals surface area contributed by atoms with Crippen molar-refractivity contribution in [2.24, 2.45) is 0 Å². The van der Waals surface area contributed by atoms with Gasteiger partial charge in [0.1, 0.15) is 0 Å².